The average molecular weight is 606 g/mol. The molecular weight excluding hydrogens is 546 g/mol. The van der Waals surface area contributed by atoms with Gasteiger partial charge < -0.3 is 19.9 Å². The van der Waals surface area contributed by atoms with Crippen molar-refractivity contribution in [3.05, 3.63) is 0 Å². The summed E-state index contributed by atoms with van der Waals surface area (Å²) in [6.45, 7) is 18.5. The van der Waals surface area contributed by atoms with Gasteiger partial charge in [-0.2, -0.15) is 0 Å². The van der Waals surface area contributed by atoms with Crippen molar-refractivity contribution in [3.63, 3.8) is 0 Å². The van der Waals surface area contributed by atoms with Crippen molar-refractivity contribution in [1.29, 1.82) is 0 Å². The van der Waals surface area contributed by atoms with E-state index in [0.717, 1.165) is 51.6 Å². The van der Waals surface area contributed by atoms with Gasteiger partial charge in [0.1, 0.15) is 17.7 Å². The largest absolute Gasteiger partial charge is 0.458 e. The van der Waals surface area contributed by atoms with Crippen LogP contribution >= 0.6 is 0 Å². The van der Waals surface area contributed by atoms with Gasteiger partial charge in [-0.15, -0.1) is 0 Å². The molecule has 246 valence electrons. The topological polar surface area (TPSA) is 103 Å². The monoisotopic (exact) mass is 605 g/mol. The standard InChI is InChI=1S/C33H59N5O5/c1-22(2)26(36(10)30(41)27(32(3,4)5)34-28(39)23-15-11-12-18-35(23)9)21-37-19-13-16-24(37)29(40)38-20-14-17-25(38)31(42)43-33(6,7)8/h22-27H,11-21H2,1-10H3,(H,34,39)/t23?,24?,25?,26-,27-/m1/s1. The Bertz CT molecular complexity index is 1000. The zero-order valence-corrected chi connectivity index (χ0v) is 28.6. The van der Waals surface area contributed by atoms with E-state index in [1.165, 1.54) is 0 Å². The number of likely N-dealkylation sites (tertiary alicyclic amines) is 3. The molecule has 0 aromatic rings. The molecule has 10 nitrogen and oxygen atoms in total. The summed E-state index contributed by atoms with van der Waals surface area (Å²) in [5.41, 5.74) is -1.08. The number of nitrogens with one attached hydrogen (secondary N) is 1. The predicted molar refractivity (Wildman–Crippen MR) is 168 cm³/mol. The van der Waals surface area contributed by atoms with E-state index >= 15 is 0 Å². The van der Waals surface area contributed by atoms with Crippen molar-refractivity contribution in [2.24, 2.45) is 11.3 Å². The molecule has 3 amide bonds. The second kappa shape index (κ2) is 14.3. The molecule has 3 fully saturated rings. The third-order valence-corrected chi connectivity index (χ3v) is 9.37. The first-order valence-electron chi connectivity index (χ1n) is 16.5. The van der Waals surface area contributed by atoms with Gasteiger partial charge in [-0.3, -0.25) is 24.2 Å². The molecule has 3 aliphatic rings. The molecule has 0 aromatic heterocycles. The molecule has 1 N–H and O–H groups in total. The summed E-state index contributed by atoms with van der Waals surface area (Å²) in [4.78, 5) is 62.1. The molecule has 3 aliphatic heterocycles. The van der Waals surface area contributed by atoms with Gasteiger partial charge in [-0.05, 0) is 90.8 Å². The van der Waals surface area contributed by atoms with Crippen LogP contribution in [0.3, 0.4) is 0 Å². The SMILES string of the molecule is CC(C)[C@@H](CN1CCCC1C(=O)N1CCCC1C(=O)OC(C)(C)C)N(C)C(=O)[C@@H](NC(=O)C1CCCCN1C)C(C)(C)C. The van der Waals surface area contributed by atoms with E-state index in [2.05, 4.69) is 29.0 Å². The average Bonchev–Trinajstić information content (AvgIpc) is 3.57. The summed E-state index contributed by atoms with van der Waals surface area (Å²) in [6.07, 6.45) is 5.92. The summed E-state index contributed by atoms with van der Waals surface area (Å²) in [5.74, 6) is -0.404. The fourth-order valence-electron chi connectivity index (χ4n) is 6.84. The van der Waals surface area contributed by atoms with Gasteiger partial charge in [0.15, 0.2) is 0 Å². The molecule has 5 atom stereocenters. The first kappa shape index (κ1) is 35.3. The van der Waals surface area contributed by atoms with Gasteiger partial charge in [0, 0.05) is 26.2 Å². The van der Waals surface area contributed by atoms with E-state index in [1.54, 1.807) is 9.80 Å². The van der Waals surface area contributed by atoms with E-state index < -0.39 is 23.1 Å². The fourth-order valence-corrected chi connectivity index (χ4v) is 6.84. The normalized spacial score (nSPS) is 25.5. The summed E-state index contributed by atoms with van der Waals surface area (Å²) >= 11 is 0. The zero-order valence-electron chi connectivity index (χ0n) is 28.6. The molecule has 0 bridgehead atoms. The minimum Gasteiger partial charge on any atom is -0.458 e. The summed E-state index contributed by atoms with van der Waals surface area (Å²) in [7, 11) is 3.81. The molecule has 0 aromatic carbocycles. The van der Waals surface area contributed by atoms with Crippen LogP contribution in [0.1, 0.15) is 100 Å². The fraction of sp³-hybridized carbons (Fsp3) is 0.879. The van der Waals surface area contributed by atoms with Gasteiger partial charge in [-0.1, -0.05) is 41.0 Å². The highest BCUT2D eigenvalue weighted by Crippen LogP contribution is 2.29. The minimum atomic E-state index is -0.670. The molecule has 3 heterocycles. The van der Waals surface area contributed by atoms with Crippen LogP contribution in [0.4, 0.5) is 0 Å². The Balaban J connectivity index is 1.73. The Kier molecular flexibility index (Phi) is 11.7. The second-order valence-electron chi connectivity index (χ2n) is 15.4. The Morgan fingerprint density at radius 1 is 0.860 bits per heavy atom. The van der Waals surface area contributed by atoms with Crippen LogP contribution in [-0.2, 0) is 23.9 Å². The minimum absolute atomic E-state index is 0.0150. The third kappa shape index (κ3) is 8.93. The quantitative estimate of drug-likeness (QED) is 0.403. The predicted octanol–water partition coefficient (Wildman–Crippen LogP) is 3.28. The van der Waals surface area contributed by atoms with E-state index in [1.807, 2.05) is 55.6 Å². The van der Waals surface area contributed by atoms with Crippen molar-refractivity contribution < 1.29 is 23.9 Å². The maximum absolute atomic E-state index is 14.1. The van der Waals surface area contributed by atoms with Crippen LogP contribution in [-0.4, -0.2) is 119 Å². The lowest BCUT2D eigenvalue weighted by Gasteiger charge is -2.41. The zero-order chi connectivity index (χ0) is 32.3. The number of esters is 1. The lowest BCUT2D eigenvalue weighted by Crippen LogP contribution is -2.61. The number of hydrogen-bond acceptors (Lipinski definition) is 7. The number of piperidine rings is 1. The van der Waals surface area contributed by atoms with E-state index in [4.69, 9.17) is 4.74 Å². The lowest BCUT2D eigenvalue weighted by molar-refractivity contribution is -0.164. The summed E-state index contributed by atoms with van der Waals surface area (Å²) in [5, 5.41) is 3.13. The van der Waals surface area contributed by atoms with Crippen molar-refractivity contribution in [2.45, 2.75) is 136 Å². The van der Waals surface area contributed by atoms with Gasteiger partial charge in [0.2, 0.25) is 17.7 Å². The van der Waals surface area contributed by atoms with Crippen LogP contribution in [0.15, 0.2) is 0 Å². The van der Waals surface area contributed by atoms with Gasteiger partial charge in [-0.25, -0.2) is 4.79 Å². The molecule has 43 heavy (non-hydrogen) atoms. The Hall–Kier alpha value is -2.20. The third-order valence-electron chi connectivity index (χ3n) is 9.37. The highest BCUT2D eigenvalue weighted by molar-refractivity contribution is 5.91. The van der Waals surface area contributed by atoms with Crippen LogP contribution < -0.4 is 5.32 Å². The van der Waals surface area contributed by atoms with Crippen LogP contribution in [0.5, 0.6) is 0 Å². The van der Waals surface area contributed by atoms with Crippen molar-refractivity contribution in [1.82, 2.24) is 24.9 Å². The number of likely N-dealkylation sites (N-methyl/N-ethyl adjacent to an activating group) is 2. The molecule has 0 saturated carbocycles. The molecular formula is C33H59N5O5. The highest BCUT2D eigenvalue weighted by atomic mass is 16.6. The first-order chi connectivity index (χ1) is 19.9. The van der Waals surface area contributed by atoms with Crippen LogP contribution in [0.2, 0.25) is 0 Å². The molecule has 3 unspecified atom stereocenters. The van der Waals surface area contributed by atoms with E-state index in [9.17, 15) is 19.2 Å². The molecule has 0 spiro atoms. The number of nitrogens with zero attached hydrogens (tertiary/aromatic N) is 4. The van der Waals surface area contributed by atoms with E-state index in [-0.39, 0.29) is 47.7 Å². The van der Waals surface area contributed by atoms with Crippen LogP contribution in [0.25, 0.3) is 0 Å². The Morgan fingerprint density at radius 2 is 1.47 bits per heavy atom. The number of rotatable bonds is 9. The van der Waals surface area contributed by atoms with Crippen molar-refractivity contribution in [3.8, 4) is 0 Å². The van der Waals surface area contributed by atoms with Crippen LogP contribution in [0, 0.1) is 11.3 Å². The number of hydrogen-bond donors (Lipinski definition) is 1. The Labute approximate surface area is 260 Å². The molecule has 10 heteroatoms. The molecule has 0 aliphatic carbocycles. The maximum Gasteiger partial charge on any atom is 0.329 e. The lowest BCUT2D eigenvalue weighted by atomic mass is 9.84. The van der Waals surface area contributed by atoms with Crippen molar-refractivity contribution >= 4 is 23.7 Å². The molecule has 0 radical (unpaired) electrons. The second-order valence-corrected chi connectivity index (χ2v) is 15.4. The number of carbonyl (C=O) groups excluding carboxylic acids is 4. The smallest absolute Gasteiger partial charge is 0.329 e. The van der Waals surface area contributed by atoms with Crippen molar-refractivity contribution in [2.75, 3.05) is 40.3 Å². The van der Waals surface area contributed by atoms with Gasteiger partial charge >= 0.3 is 5.97 Å². The Morgan fingerprint density at radius 3 is 2.05 bits per heavy atom. The maximum atomic E-state index is 14.1. The molecule has 3 rings (SSSR count). The number of ether oxygens (including phenoxy) is 1. The number of carbonyl (C=O) groups is 4. The number of amides is 3. The summed E-state index contributed by atoms with van der Waals surface area (Å²) in [6, 6.07) is -1.91. The first-order valence-corrected chi connectivity index (χ1v) is 16.5. The van der Waals surface area contributed by atoms with Gasteiger partial charge in [0.25, 0.3) is 0 Å². The molecule has 3 saturated heterocycles. The van der Waals surface area contributed by atoms with Gasteiger partial charge in [0.05, 0.1) is 12.1 Å². The highest BCUT2D eigenvalue weighted by Gasteiger charge is 2.44. The van der Waals surface area contributed by atoms with E-state index in [0.29, 0.717) is 19.5 Å². The summed E-state index contributed by atoms with van der Waals surface area (Å²) < 4.78 is 5.64.